The normalized spacial score (nSPS) is 17.7. The lowest BCUT2D eigenvalue weighted by Gasteiger charge is -2.23. The van der Waals surface area contributed by atoms with Crippen LogP contribution in [0.3, 0.4) is 0 Å². The molecule has 3 aromatic rings. The van der Waals surface area contributed by atoms with Gasteiger partial charge in [-0.3, -0.25) is 0 Å². The van der Waals surface area contributed by atoms with E-state index in [1.54, 1.807) is 6.08 Å². The highest BCUT2D eigenvalue weighted by Gasteiger charge is 2.53. The lowest BCUT2D eigenvalue weighted by atomic mass is 10.1. The number of esters is 1. The Morgan fingerprint density at radius 2 is 1.26 bits per heavy atom. The van der Waals surface area contributed by atoms with Gasteiger partial charge < -0.3 is 19.6 Å². The first-order valence-electron chi connectivity index (χ1n) is 11.3. The van der Waals surface area contributed by atoms with Crippen LogP contribution in [-0.4, -0.2) is 51.6 Å². The zero-order chi connectivity index (χ0) is 24.6. The summed E-state index contributed by atoms with van der Waals surface area (Å²) in [6.07, 6.45) is 3.49. The van der Waals surface area contributed by atoms with Gasteiger partial charge in [0, 0.05) is 13.1 Å². The van der Waals surface area contributed by atoms with E-state index in [-0.39, 0.29) is 19.7 Å². The molecule has 0 saturated carbocycles. The Hall–Kier alpha value is -4.39. The zero-order valence-electron chi connectivity index (χ0n) is 19.1. The Kier molecular flexibility index (Phi) is 7.57. The quantitative estimate of drug-likeness (QED) is 0.474. The number of rotatable bonds is 9. The Morgan fingerprint density at radius 1 is 0.771 bits per heavy atom. The zero-order valence-corrected chi connectivity index (χ0v) is 19.1. The molecule has 7 nitrogen and oxygen atoms in total. The van der Waals surface area contributed by atoms with E-state index in [2.05, 4.69) is 0 Å². The van der Waals surface area contributed by atoms with Gasteiger partial charge in [-0.15, -0.1) is 0 Å². The van der Waals surface area contributed by atoms with Crippen LogP contribution < -0.4 is 0 Å². The summed E-state index contributed by atoms with van der Waals surface area (Å²) >= 11 is 0. The van der Waals surface area contributed by atoms with Gasteiger partial charge in [0.2, 0.25) is 0 Å². The fraction of sp³-hybridized carbons (Fsp3) is 0.179. The van der Waals surface area contributed by atoms with Crippen LogP contribution in [0.1, 0.15) is 16.7 Å². The maximum absolute atomic E-state index is 13.4. The van der Waals surface area contributed by atoms with Crippen molar-refractivity contribution in [3.8, 4) is 0 Å². The molecule has 0 aliphatic carbocycles. The summed E-state index contributed by atoms with van der Waals surface area (Å²) < 4.78 is 5.43. The molecule has 7 heteroatoms. The number of carboxylic acid groups (broad SMARTS) is 1. The number of carbonyl (C=O) groups excluding carboxylic acids is 2. The van der Waals surface area contributed by atoms with Crippen molar-refractivity contribution in [2.24, 2.45) is 0 Å². The molecule has 0 radical (unpaired) electrons. The van der Waals surface area contributed by atoms with E-state index in [0.717, 1.165) is 16.7 Å². The van der Waals surface area contributed by atoms with Gasteiger partial charge >= 0.3 is 18.0 Å². The topological polar surface area (TPSA) is 87.1 Å². The molecule has 178 valence electrons. The first-order chi connectivity index (χ1) is 17.0. The second-order valence-corrected chi connectivity index (χ2v) is 8.18. The van der Waals surface area contributed by atoms with Crippen molar-refractivity contribution < 1.29 is 24.2 Å². The predicted molar refractivity (Wildman–Crippen MR) is 131 cm³/mol. The molecule has 0 spiro atoms. The molecule has 0 bridgehead atoms. The maximum atomic E-state index is 13.4. The maximum Gasteiger partial charge on any atom is 0.332 e. The lowest BCUT2D eigenvalue weighted by molar-refractivity contribution is -0.154. The highest BCUT2D eigenvalue weighted by atomic mass is 16.5. The van der Waals surface area contributed by atoms with Gasteiger partial charge in [0.25, 0.3) is 0 Å². The number of ether oxygens (including phenoxy) is 1. The minimum absolute atomic E-state index is 0.0391. The number of carbonyl (C=O) groups is 3. The summed E-state index contributed by atoms with van der Waals surface area (Å²) in [4.78, 5) is 41.5. The Bertz CT molecular complexity index is 1180. The first kappa shape index (κ1) is 23.8. The highest BCUT2D eigenvalue weighted by molar-refractivity contribution is 5.96. The second kappa shape index (κ2) is 11.2. The van der Waals surface area contributed by atoms with Crippen molar-refractivity contribution in [2.45, 2.75) is 25.2 Å². The molecular weight excluding hydrogens is 444 g/mol. The van der Waals surface area contributed by atoms with Gasteiger partial charge in [-0.1, -0.05) is 97.1 Å². The molecule has 4 rings (SSSR count). The molecule has 1 N–H and O–H groups in total. The number of nitrogens with zero attached hydrogens (tertiary/aromatic N) is 2. The average Bonchev–Trinajstić information content (AvgIpc) is 3.15. The number of urea groups is 1. The van der Waals surface area contributed by atoms with Crippen LogP contribution in [0.25, 0.3) is 6.08 Å². The number of carboxylic acids is 1. The van der Waals surface area contributed by atoms with Crippen molar-refractivity contribution >= 4 is 24.0 Å². The Balaban J connectivity index is 1.57. The minimum Gasteiger partial charge on any atom is -0.480 e. The molecule has 2 amide bonds. The van der Waals surface area contributed by atoms with Crippen LogP contribution in [0.15, 0.2) is 97.1 Å². The third-order valence-electron chi connectivity index (χ3n) is 5.78. The SMILES string of the molecule is O=C(O)[C@H]1[C@H](C(=O)OC/C=C/c2ccccc2)N(Cc2ccccc2)C(=O)N1Cc1ccccc1. The molecule has 35 heavy (non-hydrogen) atoms. The van der Waals surface area contributed by atoms with Gasteiger partial charge in [0.1, 0.15) is 6.61 Å². The molecule has 1 heterocycles. The van der Waals surface area contributed by atoms with Crippen molar-refractivity contribution in [1.29, 1.82) is 0 Å². The standard InChI is InChI=1S/C28H26N2O5/c31-26(32)24-25(27(33)35-18-10-17-21-11-4-1-5-12-21)30(20-23-15-8-3-9-16-23)28(34)29(24)19-22-13-6-2-7-14-22/h1-17,24-25H,18-20H2,(H,31,32)/b17-10+/t24-,25-/m1/s1. The average molecular weight is 471 g/mol. The molecule has 3 aromatic carbocycles. The number of benzene rings is 3. The lowest BCUT2D eigenvalue weighted by Crippen LogP contribution is -2.48. The van der Waals surface area contributed by atoms with Gasteiger partial charge in [0.15, 0.2) is 12.1 Å². The first-order valence-corrected chi connectivity index (χ1v) is 11.3. The number of hydrogen-bond donors (Lipinski definition) is 1. The van der Waals surface area contributed by atoms with Crippen LogP contribution >= 0.6 is 0 Å². The molecule has 1 saturated heterocycles. The van der Waals surface area contributed by atoms with Crippen LogP contribution in [0.4, 0.5) is 4.79 Å². The summed E-state index contributed by atoms with van der Waals surface area (Å²) in [6, 6.07) is 24.6. The van der Waals surface area contributed by atoms with E-state index >= 15 is 0 Å². The van der Waals surface area contributed by atoms with Crippen LogP contribution in [0, 0.1) is 0 Å². The largest absolute Gasteiger partial charge is 0.480 e. The molecular formula is C28H26N2O5. The molecule has 1 aliphatic heterocycles. The summed E-state index contributed by atoms with van der Waals surface area (Å²) in [5.74, 6) is -2.01. The minimum atomic E-state index is -1.38. The molecule has 2 atom stereocenters. The monoisotopic (exact) mass is 470 g/mol. The van der Waals surface area contributed by atoms with Crippen LogP contribution in [0.2, 0.25) is 0 Å². The molecule has 0 unspecified atom stereocenters. The van der Waals surface area contributed by atoms with E-state index in [4.69, 9.17) is 4.74 Å². The van der Waals surface area contributed by atoms with Gasteiger partial charge in [-0.2, -0.15) is 0 Å². The van der Waals surface area contributed by atoms with E-state index < -0.39 is 30.1 Å². The van der Waals surface area contributed by atoms with Crippen molar-refractivity contribution in [2.75, 3.05) is 6.61 Å². The van der Waals surface area contributed by atoms with Gasteiger partial charge in [-0.05, 0) is 22.8 Å². The Labute approximate surface area is 203 Å². The number of hydrogen-bond acceptors (Lipinski definition) is 4. The molecule has 1 fully saturated rings. The Morgan fingerprint density at radius 3 is 1.77 bits per heavy atom. The third kappa shape index (κ3) is 5.76. The summed E-state index contributed by atoms with van der Waals surface area (Å²) in [6.45, 7) is 0.122. The van der Waals surface area contributed by atoms with Crippen molar-refractivity contribution in [3.63, 3.8) is 0 Å². The third-order valence-corrected chi connectivity index (χ3v) is 5.78. The summed E-state index contributed by atoms with van der Waals surface area (Å²) in [7, 11) is 0. The predicted octanol–water partition coefficient (Wildman–Crippen LogP) is 4.20. The second-order valence-electron chi connectivity index (χ2n) is 8.18. The summed E-state index contributed by atoms with van der Waals surface area (Å²) in [5.41, 5.74) is 2.50. The van der Waals surface area contributed by atoms with Crippen LogP contribution in [0.5, 0.6) is 0 Å². The summed E-state index contributed by atoms with van der Waals surface area (Å²) in [5, 5.41) is 10.1. The number of aliphatic carboxylic acids is 1. The van der Waals surface area contributed by atoms with E-state index in [9.17, 15) is 19.5 Å². The van der Waals surface area contributed by atoms with E-state index in [1.165, 1.54) is 9.80 Å². The van der Waals surface area contributed by atoms with Gasteiger partial charge in [0.05, 0.1) is 0 Å². The fourth-order valence-corrected chi connectivity index (χ4v) is 4.12. The highest BCUT2D eigenvalue weighted by Crippen LogP contribution is 2.28. The van der Waals surface area contributed by atoms with E-state index in [1.807, 2.05) is 97.1 Å². The van der Waals surface area contributed by atoms with E-state index in [0.29, 0.717) is 0 Å². The molecule has 0 aromatic heterocycles. The fourth-order valence-electron chi connectivity index (χ4n) is 4.12. The van der Waals surface area contributed by atoms with Crippen LogP contribution in [-0.2, 0) is 27.4 Å². The van der Waals surface area contributed by atoms with Crippen molar-refractivity contribution in [3.05, 3.63) is 114 Å². The smallest absolute Gasteiger partial charge is 0.332 e. The molecule has 1 aliphatic rings. The number of amides is 2. The van der Waals surface area contributed by atoms with Gasteiger partial charge in [-0.25, -0.2) is 14.4 Å². The van der Waals surface area contributed by atoms with Crippen molar-refractivity contribution in [1.82, 2.24) is 9.80 Å².